The zero-order chi connectivity index (χ0) is 16.1. The van der Waals surface area contributed by atoms with Gasteiger partial charge in [0, 0.05) is 12.3 Å². The smallest absolute Gasteiger partial charge is 0.337 e. The van der Waals surface area contributed by atoms with Crippen molar-refractivity contribution in [3.63, 3.8) is 0 Å². The van der Waals surface area contributed by atoms with Gasteiger partial charge in [-0.3, -0.25) is 9.69 Å². The molecule has 0 aliphatic carbocycles. The molecule has 0 bridgehead atoms. The summed E-state index contributed by atoms with van der Waals surface area (Å²) in [5, 5.41) is 20.9. The average molecular weight is 327 g/mol. The molecule has 1 aromatic rings. The lowest BCUT2D eigenvalue weighted by molar-refractivity contribution is -0.117. The predicted octanol–water partition coefficient (Wildman–Crippen LogP) is 1.68. The summed E-state index contributed by atoms with van der Waals surface area (Å²) in [5.41, 5.74) is 0.375. The van der Waals surface area contributed by atoms with Gasteiger partial charge in [0.05, 0.1) is 17.1 Å². The summed E-state index contributed by atoms with van der Waals surface area (Å²) >= 11 is 5.79. The highest BCUT2D eigenvalue weighted by Gasteiger charge is 2.20. The first-order valence-electron chi connectivity index (χ1n) is 7.15. The number of rotatable bonds is 5. The number of hydrogen-bond acceptors (Lipinski definition) is 4. The molecule has 1 aliphatic heterocycles. The maximum atomic E-state index is 12.0. The Balaban J connectivity index is 1.90. The van der Waals surface area contributed by atoms with Gasteiger partial charge in [0.2, 0.25) is 5.91 Å². The highest BCUT2D eigenvalue weighted by molar-refractivity contribution is 6.33. The molecule has 0 atom stereocenters. The highest BCUT2D eigenvalue weighted by Crippen LogP contribution is 2.21. The summed E-state index contributed by atoms with van der Waals surface area (Å²) < 4.78 is 0. The number of nitrogens with one attached hydrogen (secondary N) is 1. The summed E-state index contributed by atoms with van der Waals surface area (Å²) in [6.07, 6.45) is 1.77. The van der Waals surface area contributed by atoms with Crippen molar-refractivity contribution in [3.8, 4) is 0 Å². The van der Waals surface area contributed by atoms with E-state index in [-0.39, 0.29) is 29.6 Å². The number of piperidine rings is 1. The maximum absolute atomic E-state index is 12.0. The van der Waals surface area contributed by atoms with Crippen LogP contribution in [0.5, 0.6) is 0 Å². The molecule has 0 unspecified atom stereocenters. The number of amides is 1. The van der Waals surface area contributed by atoms with Crippen LogP contribution in [-0.4, -0.2) is 53.2 Å². The van der Waals surface area contributed by atoms with E-state index in [2.05, 4.69) is 5.32 Å². The lowest BCUT2D eigenvalue weighted by Gasteiger charge is -2.30. The second-order valence-corrected chi connectivity index (χ2v) is 5.86. The molecule has 0 aromatic heterocycles. The first-order valence-corrected chi connectivity index (χ1v) is 7.53. The molecule has 6 nitrogen and oxygen atoms in total. The van der Waals surface area contributed by atoms with Crippen LogP contribution in [0.3, 0.4) is 0 Å². The molecule has 0 saturated carbocycles. The van der Waals surface area contributed by atoms with Crippen LogP contribution in [0.2, 0.25) is 5.02 Å². The van der Waals surface area contributed by atoms with Crippen molar-refractivity contribution in [1.29, 1.82) is 0 Å². The van der Waals surface area contributed by atoms with Gasteiger partial charge in [-0.05, 0) is 50.0 Å². The van der Waals surface area contributed by atoms with E-state index in [1.165, 1.54) is 12.1 Å². The van der Waals surface area contributed by atoms with Crippen molar-refractivity contribution in [2.45, 2.75) is 12.8 Å². The Bertz CT molecular complexity index is 556. The number of benzene rings is 1. The van der Waals surface area contributed by atoms with E-state index in [4.69, 9.17) is 21.8 Å². The Kier molecular flexibility index (Phi) is 5.76. The molecule has 22 heavy (non-hydrogen) atoms. The summed E-state index contributed by atoms with van der Waals surface area (Å²) in [7, 11) is 0. The molecular formula is C15H19ClN2O4. The lowest BCUT2D eigenvalue weighted by Crippen LogP contribution is -2.39. The van der Waals surface area contributed by atoms with Gasteiger partial charge in [-0.25, -0.2) is 4.79 Å². The number of hydrogen-bond donors (Lipinski definition) is 3. The number of anilines is 1. The molecule has 3 N–H and O–H groups in total. The number of carboxylic acid groups (broad SMARTS) is 1. The van der Waals surface area contributed by atoms with E-state index >= 15 is 0 Å². The first kappa shape index (κ1) is 16.7. The number of likely N-dealkylation sites (tertiary alicyclic amines) is 1. The Morgan fingerprint density at radius 3 is 2.59 bits per heavy atom. The Morgan fingerprint density at radius 1 is 1.32 bits per heavy atom. The zero-order valence-corrected chi connectivity index (χ0v) is 12.8. The normalized spacial score (nSPS) is 16.5. The minimum atomic E-state index is -1.13. The van der Waals surface area contributed by atoms with Crippen molar-refractivity contribution in [2.24, 2.45) is 5.92 Å². The van der Waals surface area contributed by atoms with Crippen LogP contribution in [-0.2, 0) is 4.79 Å². The molecule has 0 radical (unpaired) electrons. The molecular weight excluding hydrogens is 308 g/mol. The van der Waals surface area contributed by atoms with E-state index in [1.54, 1.807) is 6.07 Å². The van der Waals surface area contributed by atoms with E-state index in [1.807, 2.05) is 4.90 Å². The Labute approximate surface area is 133 Å². The summed E-state index contributed by atoms with van der Waals surface area (Å²) in [6.45, 7) is 2.01. The van der Waals surface area contributed by atoms with Gasteiger partial charge in [0.1, 0.15) is 0 Å². The van der Waals surface area contributed by atoms with Crippen LogP contribution in [0.1, 0.15) is 23.2 Å². The topological polar surface area (TPSA) is 89.9 Å². The molecule has 1 aliphatic rings. The van der Waals surface area contributed by atoms with Gasteiger partial charge < -0.3 is 15.5 Å². The summed E-state index contributed by atoms with van der Waals surface area (Å²) in [5.74, 6) is -0.998. The molecule has 1 heterocycles. The molecule has 1 amide bonds. The van der Waals surface area contributed by atoms with Crippen molar-refractivity contribution < 1.29 is 19.8 Å². The van der Waals surface area contributed by atoms with Gasteiger partial charge in [-0.2, -0.15) is 0 Å². The maximum Gasteiger partial charge on any atom is 0.337 e. The molecule has 7 heteroatoms. The highest BCUT2D eigenvalue weighted by atomic mass is 35.5. The van der Waals surface area contributed by atoms with Gasteiger partial charge in [-0.1, -0.05) is 11.6 Å². The fourth-order valence-electron chi connectivity index (χ4n) is 2.50. The number of carboxylic acids is 1. The Hall–Kier alpha value is -1.63. The fraction of sp³-hybridized carbons (Fsp3) is 0.467. The van der Waals surface area contributed by atoms with Crippen molar-refractivity contribution in [2.75, 3.05) is 31.6 Å². The lowest BCUT2D eigenvalue weighted by atomic mass is 9.98. The van der Waals surface area contributed by atoms with Crippen LogP contribution < -0.4 is 5.32 Å². The van der Waals surface area contributed by atoms with Crippen LogP contribution in [0, 0.1) is 5.92 Å². The van der Waals surface area contributed by atoms with Gasteiger partial charge in [0.15, 0.2) is 0 Å². The number of nitrogens with zero attached hydrogens (tertiary/aromatic N) is 1. The van der Waals surface area contributed by atoms with Crippen molar-refractivity contribution >= 4 is 29.2 Å². The summed E-state index contributed by atoms with van der Waals surface area (Å²) in [4.78, 5) is 25.0. The quantitative estimate of drug-likeness (QED) is 0.766. The minimum Gasteiger partial charge on any atom is -0.478 e. The van der Waals surface area contributed by atoms with Crippen LogP contribution in [0.4, 0.5) is 5.69 Å². The van der Waals surface area contributed by atoms with E-state index in [0.717, 1.165) is 25.9 Å². The van der Waals surface area contributed by atoms with Crippen LogP contribution in [0.25, 0.3) is 0 Å². The fourth-order valence-corrected chi connectivity index (χ4v) is 2.70. The molecule has 120 valence electrons. The number of halogens is 1. The van der Waals surface area contributed by atoms with Crippen LogP contribution in [0.15, 0.2) is 18.2 Å². The van der Waals surface area contributed by atoms with E-state index in [0.29, 0.717) is 11.6 Å². The zero-order valence-electron chi connectivity index (χ0n) is 12.1. The predicted molar refractivity (Wildman–Crippen MR) is 83.3 cm³/mol. The molecule has 1 aromatic carbocycles. The molecule has 0 spiro atoms. The molecule has 1 fully saturated rings. The third kappa shape index (κ3) is 4.43. The third-order valence-electron chi connectivity index (χ3n) is 3.81. The number of aromatic carboxylic acids is 1. The van der Waals surface area contributed by atoms with E-state index < -0.39 is 5.97 Å². The SMILES string of the molecule is O=C(CN1CCC(CO)CC1)Nc1ccc(Cl)c(C(=O)O)c1. The van der Waals surface area contributed by atoms with Gasteiger partial charge >= 0.3 is 5.97 Å². The summed E-state index contributed by atoms with van der Waals surface area (Å²) in [6, 6.07) is 4.37. The standard InChI is InChI=1S/C15H19ClN2O4/c16-13-2-1-11(7-12(13)15(21)22)17-14(20)8-18-5-3-10(9-19)4-6-18/h1-2,7,10,19H,3-6,8-9H2,(H,17,20)(H,21,22). The number of carbonyl (C=O) groups is 2. The van der Waals surface area contributed by atoms with Gasteiger partial charge in [-0.15, -0.1) is 0 Å². The number of aliphatic hydroxyl groups excluding tert-OH is 1. The largest absolute Gasteiger partial charge is 0.478 e. The third-order valence-corrected chi connectivity index (χ3v) is 4.14. The first-order chi connectivity index (χ1) is 10.5. The van der Waals surface area contributed by atoms with Crippen molar-refractivity contribution in [1.82, 2.24) is 4.90 Å². The molecule has 1 saturated heterocycles. The van der Waals surface area contributed by atoms with Crippen LogP contribution >= 0.6 is 11.6 Å². The second-order valence-electron chi connectivity index (χ2n) is 5.45. The average Bonchev–Trinajstić information content (AvgIpc) is 2.49. The number of aliphatic hydroxyl groups is 1. The van der Waals surface area contributed by atoms with Crippen molar-refractivity contribution in [3.05, 3.63) is 28.8 Å². The van der Waals surface area contributed by atoms with Gasteiger partial charge in [0.25, 0.3) is 0 Å². The minimum absolute atomic E-state index is 0.0387. The second kappa shape index (κ2) is 7.58. The molecule has 2 rings (SSSR count). The van der Waals surface area contributed by atoms with E-state index in [9.17, 15) is 9.59 Å². The Morgan fingerprint density at radius 2 is 2.00 bits per heavy atom. The number of carbonyl (C=O) groups excluding carboxylic acids is 1. The monoisotopic (exact) mass is 326 g/mol.